The minimum absolute atomic E-state index is 0.444. The van der Waals surface area contributed by atoms with Crippen molar-refractivity contribution in [3.05, 3.63) is 152 Å². The predicted molar refractivity (Wildman–Crippen MR) is 368 cm³/mol. The Morgan fingerprint density at radius 1 is 0.274 bits per heavy atom. The molecular formula is C76H104Cl2Ge2O4. The fraction of sp³-hybridized carbons (Fsp3) is 0.526. The van der Waals surface area contributed by atoms with Crippen molar-refractivity contribution in [1.29, 1.82) is 0 Å². The zero-order valence-electron chi connectivity index (χ0n) is 54.6. The van der Waals surface area contributed by atoms with Crippen LogP contribution in [0.5, 0.6) is 0 Å². The summed E-state index contributed by atoms with van der Waals surface area (Å²) in [5.41, 5.74) is 21.7. The molecule has 4 heterocycles. The van der Waals surface area contributed by atoms with Gasteiger partial charge < -0.3 is 18.9 Å². The normalized spacial score (nSPS) is 14.8. The van der Waals surface area contributed by atoms with E-state index < -0.39 is 0 Å². The van der Waals surface area contributed by atoms with Gasteiger partial charge in [-0.25, -0.2) is 0 Å². The molecule has 454 valence electrons. The Balaban J connectivity index is 0.000000229. The molecule has 4 aliphatic rings. The molecule has 0 aromatic heterocycles. The Labute approximate surface area is 538 Å². The van der Waals surface area contributed by atoms with E-state index in [1.165, 1.54) is 149 Å². The first-order chi connectivity index (χ1) is 40.1. The molecule has 4 nitrogen and oxygen atoms in total. The van der Waals surface area contributed by atoms with Gasteiger partial charge in [0.15, 0.2) is 0 Å². The molecule has 0 saturated carbocycles. The van der Waals surface area contributed by atoms with Crippen LogP contribution in [0, 0.1) is 0 Å². The van der Waals surface area contributed by atoms with Crippen molar-refractivity contribution in [2.24, 2.45) is 0 Å². The molecule has 0 amide bonds. The van der Waals surface area contributed by atoms with E-state index in [1.54, 1.807) is 0 Å². The first-order valence-electron chi connectivity index (χ1n) is 32.0. The third-order valence-corrected chi connectivity index (χ3v) is 18.8. The van der Waals surface area contributed by atoms with Gasteiger partial charge in [0, 0.05) is 52.9 Å². The van der Waals surface area contributed by atoms with Crippen molar-refractivity contribution in [2.75, 3.05) is 52.9 Å². The number of benzene rings is 6. The molecule has 0 N–H and O–H groups in total. The average molecular weight is 1300 g/mol. The molecule has 0 bridgehead atoms. The summed E-state index contributed by atoms with van der Waals surface area (Å²) in [4.78, 5) is 0. The summed E-state index contributed by atoms with van der Waals surface area (Å²) in [7, 11) is 0. The molecule has 0 unspecified atom stereocenters. The van der Waals surface area contributed by atoms with Gasteiger partial charge in [0.1, 0.15) is 0 Å². The maximum absolute atomic E-state index is 6.85. The summed E-state index contributed by atoms with van der Waals surface area (Å²) in [6.07, 6.45) is 10.2. The summed E-state index contributed by atoms with van der Waals surface area (Å²) in [6, 6.07) is 35.8. The van der Waals surface area contributed by atoms with Crippen molar-refractivity contribution in [3.8, 4) is 44.5 Å². The van der Waals surface area contributed by atoms with Crippen LogP contribution in [-0.2, 0) is 18.9 Å². The number of hydrogen-bond acceptors (Lipinski definition) is 4. The van der Waals surface area contributed by atoms with Crippen molar-refractivity contribution >= 4 is 65.0 Å². The van der Waals surface area contributed by atoms with E-state index in [-0.39, 0.29) is 0 Å². The standard InChI is InChI=1S/2C30H36ClGe.4C4H8O/c2*1-17(2)22-11-9-12-23(18(3)4)28(22)26-15-21(31)16-27(30(26)32)29-24(19(5)6)13-10-14-25(29)20(7)8;4*1-2-4-5-3-1/h2*9-20H,1-8H3;4*1-4H2. The van der Waals surface area contributed by atoms with E-state index >= 15 is 0 Å². The second-order valence-electron chi connectivity index (χ2n) is 25.5. The Hall–Kier alpha value is -3.17. The van der Waals surface area contributed by atoms with E-state index in [0.29, 0.717) is 47.3 Å². The fourth-order valence-corrected chi connectivity index (χ4v) is 13.6. The van der Waals surface area contributed by atoms with Crippen LogP contribution >= 0.6 is 23.2 Å². The Morgan fingerprint density at radius 2 is 0.417 bits per heavy atom. The van der Waals surface area contributed by atoms with Crippen molar-refractivity contribution in [1.82, 2.24) is 0 Å². The third-order valence-electron chi connectivity index (χ3n) is 16.1. The van der Waals surface area contributed by atoms with Crippen molar-refractivity contribution in [3.63, 3.8) is 0 Å². The summed E-state index contributed by atoms with van der Waals surface area (Å²) in [6.45, 7) is 44.6. The van der Waals surface area contributed by atoms with Gasteiger partial charge in [-0.15, -0.1) is 0 Å². The van der Waals surface area contributed by atoms with Gasteiger partial charge in [0.05, 0.1) is 0 Å². The van der Waals surface area contributed by atoms with Crippen LogP contribution in [0.2, 0.25) is 10.0 Å². The molecule has 6 radical (unpaired) electrons. The van der Waals surface area contributed by atoms with Crippen LogP contribution in [0.15, 0.2) is 97.1 Å². The molecule has 0 atom stereocenters. The van der Waals surface area contributed by atoms with E-state index in [4.69, 9.17) is 42.1 Å². The van der Waals surface area contributed by atoms with E-state index in [2.05, 4.69) is 241 Å². The minimum atomic E-state index is 0.444. The van der Waals surface area contributed by atoms with E-state index in [0.717, 1.165) is 62.9 Å². The summed E-state index contributed by atoms with van der Waals surface area (Å²) in [5.74, 6) is 3.55. The van der Waals surface area contributed by atoms with E-state index in [1.807, 2.05) is 0 Å². The number of hydrogen-bond donors (Lipinski definition) is 0. The van der Waals surface area contributed by atoms with Crippen molar-refractivity contribution in [2.45, 2.75) is 209 Å². The molecular weight excluding hydrogens is 1190 g/mol. The molecule has 6 aromatic carbocycles. The molecule has 4 aliphatic heterocycles. The van der Waals surface area contributed by atoms with Gasteiger partial charge in [-0.2, -0.15) is 0 Å². The summed E-state index contributed by atoms with van der Waals surface area (Å²) < 4.78 is 22.4. The second kappa shape index (κ2) is 36.3. The summed E-state index contributed by atoms with van der Waals surface area (Å²) in [5, 5.41) is 1.62. The fourth-order valence-electron chi connectivity index (χ4n) is 11.5. The SMILES string of the molecule is C1CCOC1.C1CCOC1.C1CCOC1.C1CCOC1.CC(C)c1cccc(C(C)C)c1-c1cc(Cl)cc(-c2c(C(C)C)cccc2C(C)C)[c]1[Ge].CC(C)c1cccc(C(C)C)c1-c1cc(Cl)cc(-c2c(C(C)C)cccc2C(C)C)[c]1[Ge]. The molecule has 4 saturated heterocycles. The van der Waals surface area contributed by atoms with Crippen LogP contribution in [0.25, 0.3) is 44.5 Å². The van der Waals surface area contributed by atoms with Gasteiger partial charge in [-0.3, -0.25) is 0 Å². The quantitative estimate of drug-likeness (QED) is 0.114. The molecule has 6 aromatic rings. The first-order valence-corrected chi connectivity index (χ1v) is 34.9. The first kappa shape index (κ1) is 71.6. The Bertz CT molecular complexity index is 2410. The molecule has 0 spiro atoms. The van der Waals surface area contributed by atoms with Gasteiger partial charge in [0.2, 0.25) is 0 Å². The zero-order chi connectivity index (χ0) is 61.6. The summed E-state index contributed by atoms with van der Waals surface area (Å²) >= 11 is 18.3. The molecule has 8 heteroatoms. The van der Waals surface area contributed by atoms with Gasteiger partial charge >= 0.3 is 419 Å². The molecule has 10 rings (SSSR count). The molecule has 4 fully saturated rings. The molecule has 0 aliphatic carbocycles. The Kier molecular flexibility index (Phi) is 31.0. The van der Waals surface area contributed by atoms with Gasteiger partial charge in [0.25, 0.3) is 0 Å². The van der Waals surface area contributed by atoms with Crippen LogP contribution in [0.4, 0.5) is 0 Å². The van der Waals surface area contributed by atoms with Gasteiger partial charge in [-0.1, -0.05) is 0 Å². The van der Waals surface area contributed by atoms with Crippen LogP contribution in [0.3, 0.4) is 0 Å². The van der Waals surface area contributed by atoms with Crippen molar-refractivity contribution < 1.29 is 18.9 Å². The second-order valence-corrected chi connectivity index (χ2v) is 28.5. The van der Waals surface area contributed by atoms with E-state index in [9.17, 15) is 0 Å². The molecule has 84 heavy (non-hydrogen) atoms. The number of ether oxygens (including phenoxy) is 4. The maximum atomic E-state index is 6.85. The van der Waals surface area contributed by atoms with Crippen LogP contribution in [0.1, 0.15) is 254 Å². The van der Waals surface area contributed by atoms with Gasteiger partial charge in [-0.05, 0) is 51.4 Å². The zero-order valence-corrected chi connectivity index (χ0v) is 60.3. The predicted octanol–water partition coefficient (Wildman–Crippen LogP) is 21.1. The monoisotopic (exact) mass is 1300 g/mol. The topological polar surface area (TPSA) is 36.9 Å². The van der Waals surface area contributed by atoms with Crippen LogP contribution in [-0.4, -0.2) is 85.9 Å². The number of rotatable bonds is 12. The number of halogens is 2. The Morgan fingerprint density at radius 3 is 0.524 bits per heavy atom. The third kappa shape index (κ3) is 20.4. The van der Waals surface area contributed by atoms with Crippen LogP contribution < -0.4 is 8.79 Å². The average Bonchev–Trinajstić information content (AvgIpc) is 3.14.